The molecule has 2 heterocycles. The van der Waals surface area contributed by atoms with Gasteiger partial charge in [-0.15, -0.1) is 0 Å². The highest BCUT2D eigenvalue weighted by atomic mass is 16.6. The van der Waals surface area contributed by atoms with E-state index in [4.69, 9.17) is 18.9 Å². The van der Waals surface area contributed by atoms with E-state index in [0.29, 0.717) is 36.5 Å². The Balaban J connectivity index is 1.05. The minimum atomic E-state index is -1.08. The van der Waals surface area contributed by atoms with Gasteiger partial charge in [0.15, 0.2) is 23.7 Å². The summed E-state index contributed by atoms with van der Waals surface area (Å²) in [5.74, 6) is 0.579. The number of likely N-dealkylation sites (tertiary alicyclic amines) is 1. The van der Waals surface area contributed by atoms with Crippen molar-refractivity contribution in [2.24, 2.45) is 0 Å². The van der Waals surface area contributed by atoms with Gasteiger partial charge in [-0.3, -0.25) is 4.79 Å². The van der Waals surface area contributed by atoms with Crippen molar-refractivity contribution in [2.75, 3.05) is 20.7 Å². The lowest BCUT2D eigenvalue weighted by atomic mass is 9.50. The van der Waals surface area contributed by atoms with Crippen molar-refractivity contribution >= 4 is 11.9 Å². The maximum atomic E-state index is 13.2. The summed E-state index contributed by atoms with van der Waals surface area (Å²) in [5, 5.41) is 12.3. The number of rotatable bonds is 19. The third-order valence-corrected chi connectivity index (χ3v) is 11.1. The third kappa shape index (κ3) is 7.29. The first-order chi connectivity index (χ1) is 22.8. The van der Waals surface area contributed by atoms with Crippen LogP contribution in [0.1, 0.15) is 128 Å². The fourth-order valence-corrected chi connectivity index (χ4v) is 8.43. The van der Waals surface area contributed by atoms with E-state index in [2.05, 4.69) is 37.1 Å². The first-order valence-corrected chi connectivity index (χ1v) is 18.3. The average molecular weight is 652 g/mol. The second-order valence-electron chi connectivity index (χ2n) is 14.2. The zero-order chi connectivity index (χ0) is 33.4. The molecule has 1 N–H and O–H groups in total. The number of esters is 2. The molecule has 4 aliphatic rings. The second-order valence-corrected chi connectivity index (χ2v) is 14.2. The number of benzene rings is 1. The second kappa shape index (κ2) is 16.0. The fraction of sp³-hybridized carbons (Fsp3) is 0.692. The zero-order valence-corrected chi connectivity index (χ0v) is 29.2. The molecule has 0 radical (unpaired) electrons. The number of unbranched alkanes of at least 4 members (excludes halogenated alkanes) is 11. The number of carbonyl (C=O) groups excluding carboxylic acids is 2. The topological polar surface area (TPSA) is 94.5 Å². The monoisotopic (exact) mass is 651 g/mol. The average Bonchev–Trinajstić information content (AvgIpc) is 3.42. The van der Waals surface area contributed by atoms with Crippen molar-refractivity contribution in [2.45, 2.75) is 152 Å². The molecule has 0 saturated carbocycles. The van der Waals surface area contributed by atoms with E-state index < -0.39 is 29.2 Å². The number of piperidine rings is 1. The molecule has 2 aliphatic heterocycles. The third-order valence-electron chi connectivity index (χ3n) is 11.1. The van der Waals surface area contributed by atoms with Crippen LogP contribution < -0.4 is 9.47 Å². The van der Waals surface area contributed by atoms with Crippen molar-refractivity contribution in [1.82, 2.24) is 4.90 Å². The van der Waals surface area contributed by atoms with Gasteiger partial charge in [-0.1, -0.05) is 76.5 Å². The molecule has 1 fully saturated rings. The van der Waals surface area contributed by atoms with Gasteiger partial charge >= 0.3 is 11.9 Å². The Labute approximate surface area is 281 Å². The van der Waals surface area contributed by atoms with Crippen molar-refractivity contribution in [3.63, 3.8) is 0 Å². The van der Waals surface area contributed by atoms with E-state index >= 15 is 0 Å². The molecule has 2 aliphatic carbocycles. The maximum absolute atomic E-state index is 13.2. The Bertz CT molecular complexity index is 1310. The molecule has 1 aromatic carbocycles. The molecule has 1 spiro atoms. The summed E-state index contributed by atoms with van der Waals surface area (Å²) in [4.78, 5) is 28.0. The van der Waals surface area contributed by atoms with Crippen LogP contribution in [0.3, 0.4) is 0 Å². The molecule has 1 aromatic rings. The Morgan fingerprint density at radius 1 is 1.04 bits per heavy atom. The molecule has 1 saturated heterocycles. The SMILES string of the molecule is CCCCCCCC/C=C\CCCCCCCC(=O)OC(C)C(=O)OC1=CC[C@@]2(O)[C@H]3Cc4ccc(OC)c5c4[C@@]2(CCN3C)[C@H]1O5. The molecule has 5 atom stereocenters. The number of nitrogens with zero attached hydrogens (tertiary/aromatic N) is 1. The lowest BCUT2D eigenvalue weighted by Crippen LogP contribution is -2.74. The highest BCUT2D eigenvalue weighted by Gasteiger charge is 2.72. The van der Waals surface area contributed by atoms with Crippen LogP contribution in [0.2, 0.25) is 0 Å². The summed E-state index contributed by atoms with van der Waals surface area (Å²) >= 11 is 0. The summed E-state index contributed by atoms with van der Waals surface area (Å²) in [6, 6.07) is 3.90. The number of hydrogen-bond donors (Lipinski definition) is 1. The van der Waals surface area contributed by atoms with Gasteiger partial charge in [-0.25, -0.2) is 4.79 Å². The molecule has 8 nitrogen and oxygen atoms in total. The fourth-order valence-electron chi connectivity index (χ4n) is 8.43. The van der Waals surface area contributed by atoms with Crippen molar-refractivity contribution in [3.8, 4) is 11.5 Å². The predicted octanol–water partition coefficient (Wildman–Crippen LogP) is 7.49. The van der Waals surface area contributed by atoms with Crippen LogP contribution in [-0.2, 0) is 30.9 Å². The number of aliphatic hydroxyl groups is 1. The minimum absolute atomic E-state index is 0.0841. The van der Waals surface area contributed by atoms with Crippen LogP contribution in [0.4, 0.5) is 0 Å². The van der Waals surface area contributed by atoms with Gasteiger partial charge < -0.3 is 29.0 Å². The quantitative estimate of drug-likeness (QED) is 0.0935. The molecule has 8 heteroatoms. The number of methoxy groups -OCH3 is 1. The van der Waals surface area contributed by atoms with E-state index in [1.165, 1.54) is 51.4 Å². The van der Waals surface area contributed by atoms with Crippen LogP contribution in [-0.4, -0.2) is 66.5 Å². The standard InChI is InChI=1S/C39H57NO7/c1-5-6-7-8-9-10-11-12-13-14-15-16-17-18-19-20-33(41)45-28(2)37(42)46-31-23-24-39(43)32-27-29-21-22-30(44-4)35-34(29)38(39,36(31)47-35)25-26-40(32)3/h12-13,21-23,28,32,36,43H,5-11,14-20,24-27H2,1-4H3/b13-12-/t28?,32-,36+,38+,39-/m1/s1. The van der Waals surface area contributed by atoms with Crippen LogP contribution in [0.15, 0.2) is 36.1 Å². The van der Waals surface area contributed by atoms with Crippen molar-refractivity contribution in [1.29, 1.82) is 0 Å². The molecule has 5 rings (SSSR count). The molecular formula is C39H57NO7. The van der Waals surface area contributed by atoms with Crippen LogP contribution in [0, 0.1) is 0 Å². The maximum Gasteiger partial charge on any atom is 0.352 e. The highest BCUT2D eigenvalue weighted by Crippen LogP contribution is 2.65. The van der Waals surface area contributed by atoms with Gasteiger partial charge in [0.2, 0.25) is 0 Å². The zero-order valence-electron chi connectivity index (χ0n) is 29.2. The molecule has 47 heavy (non-hydrogen) atoms. The number of ether oxygens (including phenoxy) is 4. The highest BCUT2D eigenvalue weighted by molar-refractivity contribution is 5.80. The molecule has 1 unspecified atom stereocenters. The van der Waals surface area contributed by atoms with Crippen molar-refractivity contribution in [3.05, 3.63) is 47.2 Å². The normalized spacial score (nSPS) is 26.4. The molecule has 0 amide bonds. The molecular weight excluding hydrogens is 594 g/mol. The summed E-state index contributed by atoms with van der Waals surface area (Å²) in [5.41, 5.74) is 0.285. The van der Waals surface area contributed by atoms with Gasteiger partial charge in [0.1, 0.15) is 5.76 Å². The lowest BCUT2D eigenvalue weighted by molar-refractivity contribution is -0.175. The van der Waals surface area contributed by atoms with Gasteiger partial charge in [0.25, 0.3) is 0 Å². The van der Waals surface area contributed by atoms with E-state index in [0.717, 1.165) is 49.8 Å². The van der Waals surface area contributed by atoms with Crippen LogP contribution in [0.25, 0.3) is 0 Å². The summed E-state index contributed by atoms with van der Waals surface area (Å²) in [6.07, 6.45) is 22.2. The van der Waals surface area contributed by atoms with Crippen molar-refractivity contribution < 1.29 is 33.6 Å². The Hall–Kier alpha value is -2.84. The van der Waals surface area contributed by atoms with E-state index in [9.17, 15) is 14.7 Å². The largest absolute Gasteiger partial charge is 0.493 e. The predicted molar refractivity (Wildman–Crippen MR) is 183 cm³/mol. The number of hydrogen-bond acceptors (Lipinski definition) is 8. The van der Waals surface area contributed by atoms with Crippen LogP contribution >= 0.6 is 0 Å². The summed E-state index contributed by atoms with van der Waals surface area (Å²) in [7, 11) is 3.67. The van der Waals surface area contributed by atoms with Gasteiger partial charge in [-0.2, -0.15) is 0 Å². The molecule has 260 valence electrons. The number of allylic oxidation sites excluding steroid dienone is 2. The number of likely N-dealkylation sites (N-methyl/N-ethyl adjacent to an activating group) is 1. The van der Waals surface area contributed by atoms with E-state index in [-0.39, 0.29) is 18.4 Å². The number of carbonyl (C=O) groups is 2. The first-order valence-electron chi connectivity index (χ1n) is 18.3. The summed E-state index contributed by atoms with van der Waals surface area (Å²) in [6.45, 7) is 4.59. The van der Waals surface area contributed by atoms with Crippen LogP contribution in [0.5, 0.6) is 11.5 Å². The molecule has 2 bridgehead atoms. The molecule has 0 aromatic heterocycles. The summed E-state index contributed by atoms with van der Waals surface area (Å²) < 4.78 is 23.6. The van der Waals surface area contributed by atoms with Gasteiger partial charge in [0.05, 0.1) is 18.1 Å². The Kier molecular flexibility index (Phi) is 12.1. The van der Waals surface area contributed by atoms with E-state index in [1.807, 2.05) is 6.07 Å². The van der Waals surface area contributed by atoms with E-state index in [1.54, 1.807) is 20.1 Å². The van der Waals surface area contributed by atoms with Gasteiger partial charge in [-0.05, 0) is 83.2 Å². The Morgan fingerprint density at radius 2 is 1.72 bits per heavy atom. The lowest BCUT2D eigenvalue weighted by Gasteiger charge is -2.61. The Morgan fingerprint density at radius 3 is 2.43 bits per heavy atom. The smallest absolute Gasteiger partial charge is 0.352 e. The first kappa shape index (κ1) is 35.5. The minimum Gasteiger partial charge on any atom is -0.493 e. The van der Waals surface area contributed by atoms with Gasteiger partial charge in [0, 0.05) is 24.4 Å².